The Morgan fingerprint density at radius 1 is 0.825 bits per heavy atom. The van der Waals surface area contributed by atoms with Gasteiger partial charge in [0.25, 0.3) is 0 Å². The maximum atomic E-state index is 15.1. The van der Waals surface area contributed by atoms with Gasteiger partial charge in [-0.15, -0.1) is 0 Å². The molecular weight excluding hydrogens is 523 g/mol. The number of aromatic nitrogens is 2. The highest BCUT2D eigenvalue weighted by molar-refractivity contribution is 6.30. The van der Waals surface area contributed by atoms with Crippen molar-refractivity contribution >= 4 is 23.2 Å². The lowest BCUT2D eigenvalue weighted by molar-refractivity contribution is -0.133. The van der Waals surface area contributed by atoms with Crippen molar-refractivity contribution in [2.45, 2.75) is 18.4 Å². The zero-order valence-electron chi connectivity index (χ0n) is 22.0. The maximum absolute atomic E-state index is 15.1. The van der Waals surface area contributed by atoms with E-state index in [1.807, 2.05) is 27.5 Å². The number of hydrogen-bond donors (Lipinski definition) is 0. The van der Waals surface area contributed by atoms with Crippen LogP contribution >= 0.6 is 11.6 Å². The van der Waals surface area contributed by atoms with Crippen molar-refractivity contribution in [1.29, 1.82) is 0 Å². The molecule has 0 saturated carbocycles. The summed E-state index contributed by atoms with van der Waals surface area (Å²) < 4.78 is 16.9. The molecule has 0 N–H and O–H groups in total. The van der Waals surface area contributed by atoms with Gasteiger partial charge in [-0.3, -0.25) is 9.69 Å². The van der Waals surface area contributed by atoms with E-state index in [9.17, 15) is 4.79 Å². The van der Waals surface area contributed by atoms with Gasteiger partial charge in [-0.05, 0) is 34.9 Å². The van der Waals surface area contributed by atoms with E-state index in [4.69, 9.17) is 11.6 Å². The molecule has 6 rings (SSSR count). The van der Waals surface area contributed by atoms with Gasteiger partial charge >= 0.3 is 0 Å². The number of rotatable bonds is 7. The maximum Gasteiger partial charge on any atom is 0.223 e. The molecule has 40 heavy (non-hydrogen) atoms. The second-order valence-electron chi connectivity index (χ2n) is 10.2. The van der Waals surface area contributed by atoms with Gasteiger partial charge < -0.3 is 9.30 Å². The van der Waals surface area contributed by atoms with Crippen LogP contribution in [0.25, 0.3) is 5.65 Å². The molecule has 1 unspecified atom stereocenters. The number of piperazine rings is 1. The summed E-state index contributed by atoms with van der Waals surface area (Å²) in [6.07, 6.45) is 3.63. The van der Waals surface area contributed by atoms with Gasteiger partial charge in [0.05, 0.1) is 16.8 Å². The van der Waals surface area contributed by atoms with E-state index in [1.54, 1.807) is 36.7 Å². The lowest BCUT2D eigenvalue weighted by Gasteiger charge is -2.40. The Bertz CT molecular complexity index is 1560. The van der Waals surface area contributed by atoms with E-state index in [1.165, 1.54) is 17.2 Å². The summed E-state index contributed by atoms with van der Waals surface area (Å²) in [6, 6.07) is 31.4. The number of carbonyl (C=O) groups excluding carboxylic acids is 1. The van der Waals surface area contributed by atoms with Crippen molar-refractivity contribution in [1.82, 2.24) is 19.2 Å². The molecule has 1 atom stereocenters. The second kappa shape index (κ2) is 11.6. The average Bonchev–Trinajstić information content (AvgIpc) is 3.41. The number of nitrogens with zero attached hydrogens (tertiary/aromatic N) is 4. The van der Waals surface area contributed by atoms with Gasteiger partial charge in [0.15, 0.2) is 0 Å². The lowest BCUT2D eigenvalue weighted by Crippen LogP contribution is -2.50. The Morgan fingerprint density at radius 2 is 1.45 bits per heavy atom. The molecule has 1 aliphatic rings. The Kier molecular flexibility index (Phi) is 7.62. The smallest absolute Gasteiger partial charge is 0.223 e. The minimum Gasteiger partial charge on any atom is -0.340 e. The van der Waals surface area contributed by atoms with Crippen LogP contribution in [0, 0.1) is 5.82 Å². The number of halogens is 2. The number of amides is 1. The number of fused-ring (bicyclic) bond motifs is 1. The number of carbonyl (C=O) groups is 1. The predicted octanol–water partition coefficient (Wildman–Crippen LogP) is 6.58. The zero-order chi connectivity index (χ0) is 27.5. The molecule has 5 aromatic rings. The molecule has 3 aromatic carbocycles. The fourth-order valence-electron chi connectivity index (χ4n) is 5.78. The van der Waals surface area contributed by atoms with Crippen molar-refractivity contribution in [2.75, 3.05) is 26.2 Å². The highest BCUT2D eigenvalue weighted by atomic mass is 35.5. The zero-order valence-corrected chi connectivity index (χ0v) is 22.8. The van der Waals surface area contributed by atoms with Crippen LogP contribution in [-0.2, 0) is 4.79 Å². The molecule has 0 spiro atoms. The highest BCUT2D eigenvalue weighted by Gasteiger charge is 2.31. The molecule has 0 aliphatic carbocycles. The van der Waals surface area contributed by atoms with E-state index in [2.05, 4.69) is 58.4 Å². The van der Waals surface area contributed by atoms with Crippen LogP contribution in [0.3, 0.4) is 0 Å². The van der Waals surface area contributed by atoms with Crippen LogP contribution in [-0.4, -0.2) is 51.3 Å². The molecule has 3 heterocycles. The third-order valence-corrected chi connectivity index (χ3v) is 8.00. The van der Waals surface area contributed by atoms with Crippen molar-refractivity contribution < 1.29 is 9.18 Å². The molecule has 1 saturated heterocycles. The van der Waals surface area contributed by atoms with Crippen molar-refractivity contribution in [3.8, 4) is 0 Å². The summed E-state index contributed by atoms with van der Waals surface area (Å²) in [5, 5.41) is 0.549. The molecule has 5 nitrogen and oxygen atoms in total. The van der Waals surface area contributed by atoms with E-state index < -0.39 is 5.92 Å². The monoisotopic (exact) mass is 552 g/mol. The third kappa shape index (κ3) is 5.37. The SMILES string of the molecule is O=C(CC(c1ccccc1F)c1cnc2ccc(Cl)cn12)N1CCN(C(c2ccccc2)c2ccccc2)CC1. The second-order valence-corrected chi connectivity index (χ2v) is 10.6. The molecule has 7 heteroatoms. The topological polar surface area (TPSA) is 40.9 Å². The molecule has 1 fully saturated rings. The van der Waals surface area contributed by atoms with Gasteiger partial charge in [-0.25, -0.2) is 9.37 Å². The summed E-state index contributed by atoms with van der Waals surface area (Å²) in [5.74, 6) is -0.835. The molecular formula is C33H30ClFN4O. The largest absolute Gasteiger partial charge is 0.340 e. The van der Waals surface area contributed by atoms with Crippen LogP contribution in [0.15, 0.2) is 109 Å². The highest BCUT2D eigenvalue weighted by Crippen LogP contribution is 2.33. The predicted molar refractivity (Wildman–Crippen MR) is 156 cm³/mol. The van der Waals surface area contributed by atoms with Gasteiger partial charge in [0, 0.05) is 50.9 Å². The van der Waals surface area contributed by atoms with Gasteiger partial charge in [0.2, 0.25) is 5.91 Å². The standard InChI is InChI=1S/C33H30ClFN4O/c34-26-15-16-31-36-22-30(39(31)23-26)28(27-13-7-8-14-29(27)35)21-32(40)37-17-19-38(20-18-37)33(24-9-3-1-4-10-24)25-11-5-2-6-12-25/h1-16,22-23,28,33H,17-21H2. The quantitative estimate of drug-likeness (QED) is 0.229. The van der Waals surface area contributed by atoms with Crippen LogP contribution in [0.4, 0.5) is 4.39 Å². The molecule has 0 bridgehead atoms. The summed E-state index contributed by atoms with van der Waals surface area (Å²) >= 11 is 6.28. The Hall–Kier alpha value is -4.00. The average molecular weight is 553 g/mol. The van der Waals surface area contributed by atoms with Gasteiger partial charge in [-0.1, -0.05) is 90.5 Å². The van der Waals surface area contributed by atoms with E-state index >= 15 is 4.39 Å². The number of hydrogen-bond acceptors (Lipinski definition) is 3. The van der Waals surface area contributed by atoms with Crippen LogP contribution in [0.2, 0.25) is 5.02 Å². The summed E-state index contributed by atoms with van der Waals surface area (Å²) in [7, 11) is 0. The Morgan fingerprint density at radius 3 is 2.10 bits per heavy atom. The summed E-state index contributed by atoms with van der Waals surface area (Å²) in [6.45, 7) is 2.71. The number of benzene rings is 3. The van der Waals surface area contributed by atoms with Crippen LogP contribution in [0.1, 0.15) is 40.8 Å². The fourth-order valence-corrected chi connectivity index (χ4v) is 5.94. The van der Waals surface area contributed by atoms with Crippen molar-refractivity contribution in [3.05, 3.63) is 143 Å². The minimum atomic E-state index is -0.499. The van der Waals surface area contributed by atoms with Crippen LogP contribution in [0.5, 0.6) is 0 Å². The minimum absolute atomic E-state index is 0.000790. The molecule has 0 radical (unpaired) electrons. The third-order valence-electron chi connectivity index (χ3n) is 7.78. The molecule has 2 aromatic heterocycles. The van der Waals surface area contributed by atoms with Gasteiger partial charge in [-0.2, -0.15) is 0 Å². The number of pyridine rings is 1. The van der Waals surface area contributed by atoms with E-state index in [0.717, 1.165) is 18.8 Å². The van der Waals surface area contributed by atoms with Gasteiger partial charge in [0.1, 0.15) is 11.5 Å². The summed E-state index contributed by atoms with van der Waals surface area (Å²) in [4.78, 5) is 22.6. The van der Waals surface area contributed by atoms with Crippen molar-refractivity contribution in [3.63, 3.8) is 0 Å². The lowest BCUT2D eigenvalue weighted by atomic mass is 9.91. The molecule has 1 amide bonds. The van der Waals surface area contributed by atoms with Crippen molar-refractivity contribution in [2.24, 2.45) is 0 Å². The first-order valence-electron chi connectivity index (χ1n) is 13.6. The number of imidazole rings is 1. The van der Waals surface area contributed by atoms with E-state index in [-0.39, 0.29) is 24.2 Å². The Balaban J connectivity index is 1.23. The van der Waals surface area contributed by atoms with Crippen LogP contribution < -0.4 is 0 Å². The first kappa shape index (κ1) is 26.2. The Labute approximate surface area is 238 Å². The van der Waals surface area contributed by atoms with E-state index in [0.29, 0.717) is 29.3 Å². The molecule has 1 aliphatic heterocycles. The fraction of sp³-hybridized carbons (Fsp3) is 0.212. The molecule has 202 valence electrons. The normalized spacial score (nSPS) is 15.0. The first-order chi connectivity index (χ1) is 19.6. The first-order valence-corrected chi connectivity index (χ1v) is 13.9. The summed E-state index contributed by atoms with van der Waals surface area (Å²) in [5.41, 5.74) is 4.39.